The third kappa shape index (κ3) is 3.94. The molecule has 8 heteroatoms. The van der Waals surface area contributed by atoms with E-state index in [1.165, 1.54) is 6.07 Å². The van der Waals surface area contributed by atoms with Gasteiger partial charge >= 0.3 is 12.1 Å². The number of halogens is 3. The highest BCUT2D eigenvalue weighted by molar-refractivity contribution is 6.09. The Morgan fingerprint density at radius 3 is 2.17 bits per heavy atom. The Kier molecular flexibility index (Phi) is 5.38. The molecule has 0 aliphatic heterocycles. The number of fused-ring (bicyclic) bond motifs is 4. The third-order valence-electron chi connectivity index (χ3n) is 7.91. The second-order valence-corrected chi connectivity index (χ2v) is 9.88. The molecule has 5 nitrogen and oxygen atoms in total. The maximum absolute atomic E-state index is 13.8. The lowest BCUT2D eigenvalue weighted by molar-refractivity contribution is -0.156. The van der Waals surface area contributed by atoms with E-state index in [9.17, 15) is 27.9 Å². The normalized spacial score (nSPS) is 23.9. The average Bonchev–Trinajstić information content (AvgIpc) is 2.84. The first kappa shape index (κ1) is 23.3. The van der Waals surface area contributed by atoms with Crippen LogP contribution in [0.1, 0.15) is 60.0 Å². The summed E-state index contributed by atoms with van der Waals surface area (Å²) < 4.78 is 40.6. The molecule has 3 aliphatic rings. The number of rotatable bonds is 4. The second kappa shape index (κ2) is 8.07. The number of aromatic nitrogens is 1. The van der Waals surface area contributed by atoms with Gasteiger partial charge < -0.3 is 10.4 Å². The number of nitrogens with one attached hydrogen (secondary N) is 1. The number of amides is 1. The molecule has 2 aromatic carbocycles. The van der Waals surface area contributed by atoms with Gasteiger partial charge in [0.25, 0.3) is 5.91 Å². The van der Waals surface area contributed by atoms with Gasteiger partial charge in [0, 0.05) is 16.5 Å². The summed E-state index contributed by atoms with van der Waals surface area (Å²) in [6, 6.07) is 12.5. The maximum atomic E-state index is 13.8. The Labute approximate surface area is 200 Å². The minimum absolute atomic E-state index is 0.150. The first-order chi connectivity index (χ1) is 16.5. The molecule has 0 saturated heterocycles. The van der Waals surface area contributed by atoms with Crippen molar-refractivity contribution in [3.8, 4) is 11.3 Å². The van der Waals surface area contributed by atoms with Crippen molar-refractivity contribution in [2.75, 3.05) is 0 Å². The number of pyridine rings is 1. The van der Waals surface area contributed by atoms with Gasteiger partial charge in [-0.3, -0.25) is 9.59 Å². The molecule has 0 spiro atoms. The van der Waals surface area contributed by atoms with E-state index in [1.54, 1.807) is 6.92 Å². The highest BCUT2D eigenvalue weighted by atomic mass is 19.4. The first-order valence-corrected chi connectivity index (χ1v) is 11.7. The van der Waals surface area contributed by atoms with Crippen LogP contribution in [0.15, 0.2) is 48.5 Å². The minimum atomic E-state index is -4.56. The predicted octanol–water partition coefficient (Wildman–Crippen LogP) is 6.14. The number of alkyl halides is 3. The van der Waals surface area contributed by atoms with Crippen LogP contribution >= 0.6 is 0 Å². The molecule has 3 aliphatic carbocycles. The van der Waals surface area contributed by atoms with E-state index in [0.29, 0.717) is 55.3 Å². The Balaban J connectivity index is 1.60. The van der Waals surface area contributed by atoms with Crippen LogP contribution in [0, 0.1) is 12.3 Å². The fraction of sp³-hybridized carbons (Fsp3) is 0.370. The van der Waals surface area contributed by atoms with Crippen LogP contribution in [0.4, 0.5) is 13.2 Å². The van der Waals surface area contributed by atoms with E-state index in [1.807, 2.05) is 30.3 Å². The molecular formula is C27H25F3N2O3. The number of benzene rings is 2. The number of carbonyl (C=O) groups excluding carboxylic acids is 1. The lowest BCUT2D eigenvalue weighted by Gasteiger charge is -2.51. The van der Waals surface area contributed by atoms with Gasteiger partial charge in [-0.2, -0.15) is 13.2 Å². The van der Waals surface area contributed by atoms with Crippen molar-refractivity contribution >= 4 is 22.8 Å². The number of carbonyl (C=O) groups is 2. The molecule has 0 unspecified atom stereocenters. The van der Waals surface area contributed by atoms with Crippen LogP contribution in [0.25, 0.3) is 22.2 Å². The van der Waals surface area contributed by atoms with Crippen LogP contribution in [-0.2, 0) is 11.0 Å². The van der Waals surface area contributed by atoms with Crippen LogP contribution in [-0.4, -0.2) is 27.5 Å². The zero-order valence-electron chi connectivity index (χ0n) is 19.2. The summed E-state index contributed by atoms with van der Waals surface area (Å²) in [6.45, 7) is 1.71. The number of nitrogens with zero attached hydrogens (tertiary/aromatic N) is 1. The summed E-state index contributed by atoms with van der Waals surface area (Å²) in [5.74, 6) is -1.24. The van der Waals surface area contributed by atoms with E-state index in [0.717, 1.165) is 17.7 Å². The zero-order chi connectivity index (χ0) is 25.0. The van der Waals surface area contributed by atoms with E-state index in [4.69, 9.17) is 0 Å². The molecule has 6 rings (SSSR count). The molecule has 1 aromatic heterocycles. The molecule has 35 heavy (non-hydrogen) atoms. The predicted molar refractivity (Wildman–Crippen MR) is 125 cm³/mol. The van der Waals surface area contributed by atoms with Crippen LogP contribution in [0.2, 0.25) is 0 Å². The van der Waals surface area contributed by atoms with Crippen LogP contribution in [0.3, 0.4) is 0 Å². The van der Waals surface area contributed by atoms with Crippen molar-refractivity contribution in [3.63, 3.8) is 0 Å². The van der Waals surface area contributed by atoms with Crippen LogP contribution in [0.5, 0.6) is 0 Å². The van der Waals surface area contributed by atoms with Gasteiger partial charge in [0.2, 0.25) is 0 Å². The smallest absolute Gasteiger partial charge is 0.416 e. The summed E-state index contributed by atoms with van der Waals surface area (Å²) in [5, 5.41) is 12.9. The largest absolute Gasteiger partial charge is 0.481 e. The molecule has 2 N–H and O–H groups in total. The van der Waals surface area contributed by atoms with Crippen molar-refractivity contribution in [2.24, 2.45) is 5.41 Å². The zero-order valence-corrected chi connectivity index (χ0v) is 19.2. The highest BCUT2D eigenvalue weighted by Gasteiger charge is 2.53. The van der Waals surface area contributed by atoms with Gasteiger partial charge in [0.05, 0.1) is 27.8 Å². The van der Waals surface area contributed by atoms with E-state index in [-0.39, 0.29) is 10.9 Å². The molecule has 2 bridgehead atoms. The number of aliphatic carboxylic acids is 1. The fourth-order valence-corrected chi connectivity index (χ4v) is 5.70. The number of carboxylic acids is 1. The summed E-state index contributed by atoms with van der Waals surface area (Å²) in [5.41, 5.74) is 0.171. The SMILES string of the molecule is Cc1c(-c2ccccc2)nc2ccc(C(F)(F)F)cc2c1C(=O)NC12CCC(C(=O)O)(CC1)CC2. The van der Waals surface area contributed by atoms with Crippen molar-refractivity contribution in [2.45, 2.75) is 57.2 Å². The van der Waals surface area contributed by atoms with Gasteiger partial charge in [-0.1, -0.05) is 30.3 Å². The molecule has 1 heterocycles. The highest BCUT2D eigenvalue weighted by Crippen LogP contribution is 2.52. The van der Waals surface area contributed by atoms with Crippen molar-refractivity contribution < 1.29 is 27.9 Å². The van der Waals surface area contributed by atoms with Crippen LogP contribution < -0.4 is 5.32 Å². The average molecular weight is 483 g/mol. The molecule has 1 amide bonds. The molecular weight excluding hydrogens is 457 g/mol. The third-order valence-corrected chi connectivity index (χ3v) is 7.91. The van der Waals surface area contributed by atoms with Gasteiger partial charge in [0.15, 0.2) is 0 Å². The Morgan fingerprint density at radius 2 is 1.60 bits per heavy atom. The second-order valence-electron chi connectivity index (χ2n) is 9.88. The molecule has 3 saturated carbocycles. The molecule has 182 valence electrons. The standard InChI is InChI=1S/C27H25F3N2O3/c1-16-21(23(33)32-26-12-9-25(10-13-26,11-14-26)24(34)35)19-15-18(27(28,29)30)7-8-20(19)31-22(16)17-5-3-2-4-6-17/h2-8,15H,9-14H2,1H3,(H,32,33)(H,34,35). The Morgan fingerprint density at radius 1 is 0.971 bits per heavy atom. The van der Waals surface area contributed by atoms with Crippen molar-refractivity contribution in [3.05, 3.63) is 65.2 Å². The summed E-state index contributed by atoms with van der Waals surface area (Å²) in [6.07, 6.45) is -1.52. The first-order valence-electron chi connectivity index (χ1n) is 11.7. The number of carboxylic acid groups (broad SMARTS) is 1. The van der Waals surface area contributed by atoms with E-state index in [2.05, 4.69) is 10.3 Å². The molecule has 3 aromatic rings. The van der Waals surface area contributed by atoms with Gasteiger partial charge in [-0.05, 0) is 69.2 Å². The lowest BCUT2D eigenvalue weighted by atomic mass is 9.57. The maximum Gasteiger partial charge on any atom is 0.416 e. The molecule has 0 atom stereocenters. The lowest BCUT2D eigenvalue weighted by Crippen LogP contribution is -2.58. The molecule has 0 radical (unpaired) electrons. The monoisotopic (exact) mass is 482 g/mol. The molecule has 3 fully saturated rings. The summed E-state index contributed by atoms with van der Waals surface area (Å²) in [4.78, 5) is 30.1. The number of hydrogen-bond donors (Lipinski definition) is 2. The summed E-state index contributed by atoms with van der Waals surface area (Å²) in [7, 11) is 0. The minimum Gasteiger partial charge on any atom is -0.481 e. The van der Waals surface area contributed by atoms with Crippen molar-refractivity contribution in [1.29, 1.82) is 0 Å². The topological polar surface area (TPSA) is 79.3 Å². The van der Waals surface area contributed by atoms with Gasteiger partial charge in [0.1, 0.15) is 0 Å². The Hall–Kier alpha value is -3.42. The van der Waals surface area contributed by atoms with E-state index < -0.39 is 34.6 Å². The van der Waals surface area contributed by atoms with Gasteiger partial charge in [-0.15, -0.1) is 0 Å². The van der Waals surface area contributed by atoms with Gasteiger partial charge in [-0.25, -0.2) is 4.98 Å². The quantitative estimate of drug-likeness (QED) is 0.468. The Bertz CT molecular complexity index is 1310. The number of hydrogen-bond acceptors (Lipinski definition) is 3. The fourth-order valence-electron chi connectivity index (χ4n) is 5.70. The van der Waals surface area contributed by atoms with E-state index >= 15 is 0 Å². The summed E-state index contributed by atoms with van der Waals surface area (Å²) >= 11 is 0. The van der Waals surface area contributed by atoms with Crippen molar-refractivity contribution in [1.82, 2.24) is 10.3 Å².